The Morgan fingerprint density at radius 1 is 0.312 bits per heavy atom. The smallest absolute Gasteiger partial charge is 0.512 e. The summed E-state index contributed by atoms with van der Waals surface area (Å²) >= 11 is 0. The van der Waals surface area contributed by atoms with E-state index in [0.717, 1.165) is 0 Å². The zero-order valence-electron chi connectivity index (χ0n) is 7.98. The van der Waals surface area contributed by atoms with Gasteiger partial charge >= 0.3 is 68.5 Å². The van der Waals surface area contributed by atoms with Gasteiger partial charge in [0.1, 0.15) is 0 Å². The summed E-state index contributed by atoms with van der Waals surface area (Å²) in [5, 5.41) is 43.8. The van der Waals surface area contributed by atoms with Crippen LogP contribution in [-0.2, 0) is 17.1 Å². The van der Waals surface area contributed by atoms with Crippen LogP contribution in [0.15, 0.2) is 0 Å². The molecule has 0 saturated heterocycles. The van der Waals surface area contributed by atoms with E-state index < -0.39 is 0 Å². The summed E-state index contributed by atoms with van der Waals surface area (Å²) in [4.78, 5) is 0. The third-order valence-corrected chi connectivity index (χ3v) is 0. The third-order valence-electron chi connectivity index (χ3n) is 0. The molecule has 0 atom stereocenters. The molecule has 0 fully saturated rings. The standard InChI is InChI=1S/7CN.Fe.K/c7*1-2;;/q7*-1;+2;+1. The van der Waals surface area contributed by atoms with Crippen LogP contribution in [0.2, 0.25) is 0 Å². The average Bonchev–Trinajstić information content (AvgIpc) is 2.45. The van der Waals surface area contributed by atoms with Crippen LogP contribution in [0.5, 0.6) is 0 Å². The van der Waals surface area contributed by atoms with Crippen LogP contribution in [0, 0.1) is 82.8 Å². The summed E-state index contributed by atoms with van der Waals surface area (Å²) in [7, 11) is 0. The fourth-order valence-electron chi connectivity index (χ4n) is 0. The fourth-order valence-corrected chi connectivity index (χ4v) is 0. The molecule has 0 aromatic carbocycles. The van der Waals surface area contributed by atoms with Gasteiger partial charge in [0.15, 0.2) is 0 Å². The van der Waals surface area contributed by atoms with Crippen molar-refractivity contribution >= 4 is 0 Å². The summed E-state index contributed by atoms with van der Waals surface area (Å²) in [6.07, 6.45) is 0. The van der Waals surface area contributed by atoms with Gasteiger partial charge in [-0.2, -0.15) is 0 Å². The van der Waals surface area contributed by atoms with Gasteiger partial charge in [-0.05, 0) is 0 Å². The monoisotopic (exact) mass is 277 g/mol. The van der Waals surface area contributed by atoms with E-state index in [1.54, 1.807) is 0 Å². The van der Waals surface area contributed by atoms with Crippen molar-refractivity contribution in [2.24, 2.45) is 0 Å². The van der Waals surface area contributed by atoms with Crippen LogP contribution >= 0.6 is 0 Å². The molecule has 0 aliphatic rings. The molecule has 0 aromatic heterocycles. The summed E-state index contributed by atoms with van der Waals surface area (Å²) in [5.74, 6) is 0. The van der Waals surface area contributed by atoms with Gasteiger partial charge in [-0.3, -0.25) is 0 Å². The van der Waals surface area contributed by atoms with Gasteiger partial charge in [0, 0.05) is 0 Å². The van der Waals surface area contributed by atoms with E-state index in [1.165, 1.54) is 0 Å². The van der Waals surface area contributed by atoms with Crippen molar-refractivity contribution in [1.29, 1.82) is 36.8 Å². The Morgan fingerprint density at radius 3 is 0.312 bits per heavy atom. The first-order valence-electron chi connectivity index (χ1n) is 1.57. The van der Waals surface area contributed by atoms with Gasteiger partial charge < -0.3 is 82.8 Å². The Bertz CT molecular complexity index is 117. The molecule has 0 unspecified atom stereocenters. The van der Waals surface area contributed by atoms with E-state index in [9.17, 15) is 0 Å². The van der Waals surface area contributed by atoms with Crippen molar-refractivity contribution in [3.63, 3.8) is 0 Å². The van der Waals surface area contributed by atoms with Crippen LogP contribution in [0.25, 0.3) is 0 Å². The van der Waals surface area contributed by atoms with E-state index in [0.29, 0.717) is 0 Å². The Balaban J connectivity index is -0.00000000500. The predicted molar refractivity (Wildman–Crippen MR) is 34.8 cm³/mol. The number of hydrogen-bond donors (Lipinski definition) is 0. The molecule has 0 aliphatic carbocycles. The topological polar surface area (TPSA) is 167 Å². The minimum atomic E-state index is 0. The van der Waals surface area contributed by atoms with E-state index in [1.807, 2.05) is 0 Å². The summed E-state index contributed by atoms with van der Waals surface area (Å²) in [6.45, 7) is 33.2. The van der Waals surface area contributed by atoms with Crippen molar-refractivity contribution in [3.8, 4) is 0 Å². The van der Waals surface area contributed by atoms with Gasteiger partial charge in [-0.15, -0.1) is 0 Å². The molecule has 0 N–H and O–H groups in total. The number of hydrogen-bond acceptors (Lipinski definition) is 7. The molecule has 9 heteroatoms. The molecule has 0 rings (SSSR count). The Morgan fingerprint density at radius 2 is 0.312 bits per heavy atom. The SMILES string of the molecule is [C-]#N.[C-]#N.[C-]#N.[C-]#N.[C-]#N.[C-]#N.[C-]#N.[Fe+2].[K+]. The molecule has 0 saturated carbocycles. The zero-order valence-corrected chi connectivity index (χ0v) is 12.2. The van der Waals surface area contributed by atoms with Crippen LogP contribution in [0.1, 0.15) is 0 Å². The van der Waals surface area contributed by atoms with E-state index >= 15 is 0 Å². The van der Waals surface area contributed by atoms with E-state index in [-0.39, 0.29) is 68.5 Å². The minimum absolute atomic E-state index is 0. The molecule has 76 valence electrons. The second-order valence-corrected chi connectivity index (χ2v) is 0. The van der Waals surface area contributed by atoms with Gasteiger partial charge in [-0.25, -0.2) is 0 Å². The minimum Gasteiger partial charge on any atom is -0.512 e. The molecule has 7 nitrogen and oxygen atoms in total. The molecule has 0 radical (unpaired) electrons. The van der Waals surface area contributed by atoms with Crippen molar-refractivity contribution in [3.05, 3.63) is 46.0 Å². The Labute approximate surface area is 149 Å². The first-order chi connectivity index (χ1) is 7.00. The molecule has 0 heterocycles. The third kappa shape index (κ3) is 845. The maximum Gasteiger partial charge on any atom is 2.00 e. The predicted octanol–water partition coefficient (Wildman–Crippen LogP) is -2.32. The molecule has 0 bridgehead atoms. The average molecular weight is 277 g/mol. The normalized spacial score (nSPS) is 0.875. The molecule has 0 aromatic rings. The van der Waals surface area contributed by atoms with Crippen LogP contribution in [0.4, 0.5) is 0 Å². The Hall–Kier alpha value is -1.41. The largest absolute Gasteiger partial charge is 2.00 e. The second-order valence-electron chi connectivity index (χ2n) is 0. The fraction of sp³-hybridized carbons (Fsp3) is 0. The summed E-state index contributed by atoms with van der Waals surface area (Å²) in [6, 6.07) is 0. The molecular weight excluding hydrogens is 277 g/mol. The Kier molecular flexibility index (Phi) is 5800. The van der Waals surface area contributed by atoms with Gasteiger partial charge in [0.2, 0.25) is 0 Å². The van der Waals surface area contributed by atoms with Crippen LogP contribution in [0.3, 0.4) is 0 Å². The van der Waals surface area contributed by atoms with Crippen LogP contribution in [-0.4, -0.2) is 0 Å². The van der Waals surface area contributed by atoms with Crippen molar-refractivity contribution in [2.75, 3.05) is 0 Å². The van der Waals surface area contributed by atoms with E-state index in [4.69, 9.17) is 82.8 Å². The first kappa shape index (κ1) is 86.3. The second kappa shape index (κ2) is 1080. The van der Waals surface area contributed by atoms with Gasteiger partial charge in [-0.1, -0.05) is 0 Å². The van der Waals surface area contributed by atoms with E-state index in [2.05, 4.69) is 0 Å². The number of nitrogens with zero attached hydrogens (tertiary/aromatic N) is 7. The van der Waals surface area contributed by atoms with Crippen LogP contribution < -0.4 is 51.4 Å². The van der Waals surface area contributed by atoms with Gasteiger partial charge in [0.05, 0.1) is 0 Å². The zero-order chi connectivity index (χ0) is 14.0. The molecule has 16 heavy (non-hydrogen) atoms. The summed E-state index contributed by atoms with van der Waals surface area (Å²) < 4.78 is 0. The molecule has 0 spiro atoms. The van der Waals surface area contributed by atoms with Crippen molar-refractivity contribution in [2.45, 2.75) is 0 Å². The van der Waals surface area contributed by atoms with Gasteiger partial charge in [0.25, 0.3) is 0 Å². The first-order valence-corrected chi connectivity index (χ1v) is 1.57. The number of rotatable bonds is 0. The van der Waals surface area contributed by atoms with Crippen molar-refractivity contribution < 1.29 is 68.5 Å². The molecular formula is C7FeKN7-4. The molecule has 0 aliphatic heterocycles. The maximum atomic E-state index is 6.25. The quantitative estimate of drug-likeness (QED) is 0.353. The van der Waals surface area contributed by atoms with Crippen molar-refractivity contribution in [1.82, 2.24) is 0 Å². The maximum absolute atomic E-state index is 6.25. The molecule has 0 amide bonds. The summed E-state index contributed by atoms with van der Waals surface area (Å²) in [5.41, 5.74) is 0.